The SMILES string of the molecule is CC(=O)Nc1ccc(C2=C(O)C(=O)N(c3ccc(Cl)cc3)C2=O)cc1. The van der Waals surface area contributed by atoms with Gasteiger partial charge in [0.15, 0.2) is 5.76 Å². The highest BCUT2D eigenvalue weighted by Gasteiger charge is 2.40. The lowest BCUT2D eigenvalue weighted by molar-refractivity contribution is -0.121. The topological polar surface area (TPSA) is 86.7 Å². The predicted molar refractivity (Wildman–Crippen MR) is 94.2 cm³/mol. The van der Waals surface area contributed by atoms with Crippen molar-refractivity contribution in [3.63, 3.8) is 0 Å². The molecule has 0 aliphatic carbocycles. The number of halogens is 1. The molecular formula is C18H13ClN2O4. The van der Waals surface area contributed by atoms with Gasteiger partial charge in [0.05, 0.1) is 11.3 Å². The zero-order valence-electron chi connectivity index (χ0n) is 13.1. The maximum atomic E-state index is 12.7. The first kappa shape index (κ1) is 16.7. The second-order valence-corrected chi connectivity index (χ2v) is 5.84. The summed E-state index contributed by atoms with van der Waals surface area (Å²) in [6.07, 6.45) is 0. The molecule has 0 fully saturated rings. The molecule has 0 aromatic heterocycles. The van der Waals surface area contributed by atoms with Crippen molar-refractivity contribution in [2.24, 2.45) is 0 Å². The number of nitrogens with one attached hydrogen (secondary N) is 1. The third-order valence-electron chi connectivity index (χ3n) is 3.64. The van der Waals surface area contributed by atoms with Crippen LogP contribution >= 0.6 is 11.6 Å². The van der Waals surface area contributed by atoms with Crippen LogP contribution in [0.15, 0.2) is 54.3 Å². The fourth-order valence-corrected chi connectivity index (χ4v) is 2.65. The molecule has 0 saturated heterocycles. The number of carbonyl (C=O) groups excluding carboxylic acids is 3. The number of rotatable bonds is 3. The molecule has 1 heterocycles. The Labute approximate surface area is 148 Å². The van der Waals surface area contributed by atoms with E-state index in [0.717, 1.165) is 4.90 Å². The summed E-state index contributed by atoms with van der Waals surface area (Å²) in [5.41, 5.74) is 1.15. The molecule has 0 saturated carbocycles. The lowest BCUT2D eigenvalue weighted by Gasteiger charge is -2.14. The maximum Gasteiger partial charge on any atom is 0.301 e. The number of anilines is 2. The van der Waals surface area contributed by atoms with Crippen LogP contribution in [-0.4, -0.2) is 22.8 Å². The van der Waals surface area contributed by atoms with E-state index >= 15 is 0 Å². The molecule has 2 aromatic carbocycles. The van der Waals surface area contributed by atoms with E-state index in [1.54, 1.807) is 36.4 Å². The van der Waals surface area contributed by atoms with E-state index < -0.39 is 17.6 Å². The molecule has 2 aromatic rings. The third kappa shape index (κ3) is 3.12. The van der Waals surface area contributed by atoms with Gasteiger partial charge in [-0.3, -0.25) is 14.4 Å². The van der Waals surface area contributed by atoms with Gasteiger partial charge in [-0.05, 0) is 42.0 Å². The molecule has 0 bridgehead atoms. The molecular weight excluding hydrogens is 344 g/mol. The van der Waals surface area contributed by atoms with E-state index in [1.807, 2.05) is 0 Å². The van der Waals surface area contributed by atoms with Crippen LogP contribution < -0.4 is 10.2 Å². The Kier molecular flexibility index (Phi) is 4.29. The van der Waals surface area contributed by atoms with Crippen molar-refractivity contribution in [2.45, 2.75) is 6.92 Å². The van der Waals surface area contributed by atoms with Crippen molar-refractivity contribution in [1.82, 2.24) is 0 Å². The number of imide groups is 1. The normalized spacial score (nSPS) is 14.2. The summed E-state index contributed by atoms with van der Waals surface area (Å²) < 4.78 is 0. The van der Waals surface area contributed by atoms with E-state index in [0.29, 0.717) is 22.0 Å². The van der Waals surface area contributed by atoms with Crippen LogP contribution in [0.25, 0.3) is 5.57 Å². The van der Waals surface area contributed by atoms with Gasteiger partial charge in [-0.15, -0.1) is 0 Å². The van der Waals surface area contributed by atoms with Crippen LogP contribution in [0.5, 0.6) is 0 Å². The van der Waals surface area contributed by atoms with Gasteiger partial charge >= 0.3 is 5.91 Å². The lowest BCUT2D eigenvalue weighted by atomic mass is 10.1. The Hall–Kier alpha value is -3.12. The molecule has 1 aliphatic rings. The minimum atomic E-state index is -0.798. The fraction of sp³-hybridized carbons (Fsp3) is 0.0556. The molecule has 7 heteroatoms. The summed E-state index contributed by atoms with van der Waals surface area (Å²) in [6, 6.07) is 12.4. The zero-order valence-corrected chi connectivity index (χ0v) is 13.9. The molecule has 3 amide bonds. The van der Waals surface area contributed by atoms with Crippen LogP contribution in [0.3, 0.4) is 0 Å². The zero-order chi connectivity index (χ0) is 18.1. The molecule has 0 atom stereocenters. The van der Waals surface area contributed by atoms with Crippen LogP contribution in [-0.2, 0) is 14.4 Å². The monoisotopic (exact) mass is 356 g/mol. The van der Waals surface area contributed by atoms with Crippen molar-refractivity contribution >= 4 is 46.3 Å². The average molecular weight is 357 g/mol. The largest absolute Gasteiger partial charge is 0.502 e. The molecule has 3 rings (SSSR count). The van der Waals surface area contributed by atoms with Crippen molar-refractivity contribution in [2.75, 3.05) is 10.2 Å². The molecule has 0 radical (unpaired) electrons. The Bertz CT molecular complexity index is 902. The molecule has 126 valence electrons. The highest BCUT2D eigenvalue weighted by Crippen LogP contribution is 2.32. The summed E-state index contributed by atoms with van der Waals surface area (Å²) in [6.45, 7) is 1.38. The lowest BCUT2D eigenvalue weighted by Crippen LogP contribution is -2.31. The van der Waals surface area contributed by atoms with Gasteiger partial charge in [0.25, 0.3) is 5.91 Å². The van der Waals surface area contributed by atoms with Crippen molar-refractivity contribution in [3.05, 3.63) is 64.9 Å². The van der Waals surface area contributed by atoms with Crippen LogP contribution in [0.4, 0.5) is 11.4 Å². The number of aliphatic hydroxyl groups is 1. The fourth-order valence-electron chi connectivity index (χ4n) is 2.53. The van der Waals surface area contributed by atoms with Crippen LogP contribution in [0, 0.1) is 0 Å². The highest BCUT2D eigenvalue weighted by molar-refractivity contribution is 6.45. The first-order valence-corrected chi connectivity index (χ1v) is 7.72. The first-order valence-electron chi connectivity index (χ1n) is 7.34. The molecule has 25 heavy (non-hydrogen) atoms. The van der Waals surface area contributed by atoms with Crippen molar-refractivity contribution in [3.8, 4) is 0 Å². The maximum absolute atomic E-state index is 12.7. The van der Waals surface area contributed by atoms with Crippen molar-refractivity contribution < 1.29 is 19.5 Å². The van der Waals surface area contributed by atoms with Gasteiger partial charge in [0, 0.05) is 17.6 Å². The Morgan fingerprint density at radius 1 is 1.00 bits per heavy atom. The van der Waals surface area contributed by atoms with Gasteiger partial charge in [0.1, 0.15) is 0 Å². The minimum absolute atomic E-state index is 0.0886. The summed E-state index contributed by atoms with van der Waals surface area (Å²) in [4.78, 5) is 36.9. The quantitative estimate of drug-likeness (QED) is 0.827. The Morgan fingerprint density at radius 3 is 2.16 bits per heavy atom. The smallest absolute Gasteiger partial charge is 0.301 e. The molecule has 2 N–H and O–H groups in total. The van der Waals surface area contributed by atoms with Gasteiger partial charge < -0.3 is 10.4 Å². The molecule has 0 unspecified atom stereocenters. The van der Waals surface area contributed by atoms with E-state index in [1.165, 1.54) is 19.1 Å². The number of hydrogen-bond acceptors (Lipinski definition) is 4. The molecule has 0 spiro atoms. The molecule has 6 nitrogen and oxygen atoms in total. The Morgan fingerprint density at radius 2 is 1.60 bits per heavy atom. The van der Waals surface area contributed by atoms with Gasteiger partial charge in [0.2, 0.25) is 5.91 Å². The number of aliphatic hydroxyl groups excluding tert-OH is 1. The Balaban J connectivity index is 1.94. The minimum Gasteiger partial charge on any atom is -0.502 e. The number of hydrogen-bond donors (Lipinski definition) is 2. The summed E-state index contributed by atoms with van der Waals surface area (Å²) in [5.74, 6) is -2.27. The van der Waals surface area contributed by atoms with Crippen molar-refractivity contribution in [1.29, 1.82) is 0 Å². The number of nitrogens with zero attached hydrogens (tertiary/aromatic N) is 1. The predicted octanol–water partition coefficient (Wildman–Crippen LogP) is 3.14. The molecule has 1 aliphatic heterocycles. The number of benzene rings is 2. The second kappa shape index (κ2) is 6.41. The van der Waals surface area contributed by atoms with Crippen LogP contribution in [0.1, 0.15) is 12.5 Å². The first-order chi connectivity index (χ1) is 11.9. The summed E-state index contributed by atoms with van der Waals surface area (Å²) in [7, 11) is 0. The van der Waals surface area contributed by atoms with E-state index in [-0.39, 0.29) is 11.5 Å². The van der Waals surface area contributed by atoms with Gasteiger partial charge in [-0.25, -0.2) is 4.90 Å². The third-order valence-corrected chi connectivity index (χ3v) is 3.89. The van der Waals surface area contributed by atoms with Gasteiger partial charge in [-0.2, -0.15) is 0 Å². The van der Waals surface area contributed by atoms with E-state index in [9.17, 15) is 19.5 Å². The van der Waals surface area contributed by atoms with Gasteiger partial charge in [-0.1, -0.05) is 23.7 Å². The highest BCUT2D eigenvalue weighted by atomic mass is 35.5. The average Bonchev–Trinajstić information content (AvgIpc) is 2.79. The standard InChI is InChI=1S/C18H13ClN2O4/c1-10(22)20-13-6-2-11(3-7-13)15-16(23)18(25)21(17(15)24)14-8-4-12(19)5-9-14/h2-9,23H,1H3,(H,20,22). The summed E-state index contributed by atoms with van der Waals surface area (Å²) in [5, 5.41) is 13.2. The van der Waals surface area contributed by atoms with Crippen LogP contribution in [0.2, 0.25) is 5.02 Å². The number of amides is 3. The van der Waals surface area contributed by atoms with E-state index in [4.69, 9.17) is 11.6 Å². The summed E-state index contributed by atoms with van der Waals surface area (Å²) >= 11 is 5.82. The van der Waals surface area contributed by atoms with E-state index in [2.05, 4.69) is 5.32 Å². The second-order valence-electron chi connectivity index (χ2n) is 5.40. The number of carbonyl (C=O) groups is 3.